The first-order chi connectivity index (χ1) is 8.77. The van der Waals surface area contributed by atoms with E-state index in [2.05, 4.69) is 10.3 Å². The van der Waals surface area contributed by atoms with Gasteiger partial charge in [0, 0.05) is 6.61 Å². The second-order valence-electron chi connectivity index (χ2n) is 4.33. The Kier molecular flexibility index (Phi) is 2.71. The monoisotopic (exact) mass is 247 g/mol. The summed E-state index contributed by atoms with van der Waals surface area (Å²) in [6.45, 7) is 0.713. The van der Waals surface area contributed by atoms with E-state index in [-0.39, 0.29) is 11.8 Å². The van der Waals surface area contributed by atoms with Crippen LogP contribution in [0.5, 0.6) is 0 Å². The molecule has 0 aliphatic carbocycles. The van der Waals surface area contributed by atoms with E-state index in [1.807, 2.05) is 6.07 Å². The Bertz CT molecular complexity index is 587. The van der Waals surface area contributed by atoms with E-state index in [1.165, 1.54) is 6.07 Å². The molecule has 3 rings (SSSR count). The zero-order valence-electron chi connectivity index (χ0n) is 9.74. The number of ether oxygens (including phenoxy) is 1. The average Bonchev–Trinajstić information content (AvgIpc) is 2.83. The number of benzene rings is 1. The molecule has 94 valence electrons. The van der Waals surface area contributed by atoms with Crippen molar-refractivity contribution in [2.75, 3.05) is 6.61 Å². The summed E-state index contributed by atoms with van der Waals surface area (Å²) in [7, 11) is 0. The van der Waals surface area contributed by atoms with Crippen LogP contribution in [0.15, 0.2) is 18.2 Å². The van der Waals surface area contributed by atoms with E-state index in [0.29, 0.717) is 17.6 Å². The minimum Gasteiger partial charge on any atom is -0.478 e. The summed E-state index contributed by atoms with van der Waals surface area (Å²) in [6.07, 6.45) is 2.90. The number of rotatable bonds is 2. The lowest BCUT2D eigenvalue weighted by molar-refractivity contribution is -0.0377. The van der Waals surface area contributed by atoms with Gasteiger partial charge >= 0.3 is 5.97 Å². The van der Waals surface area contributed by atoms with E-state index in [9.17, 15) is 4.79 Å². The van der Waals surface area contributed by atoms with Gasteiger partial charge in [-0.15, -0.1) is 5.10 Å². The molecule has 1 saturated heterocycles. The number of carboxylic acid groups (broad SMARTS) is 1. The first-order valence-corrected chi connectivity index (χ1v) is 5.96. The Morgan fingerprint density at radius 1 is 1.44 bits per heavy atom. The molecule has 0 bridgehead atoms. The van der Waals surface area contributed by atoms with Crippen molar-refractivity contribution in [3.05, 3.63) is 23.8 Å². The van der Waals surface area contributed by atoms with Crippen LogP contribution < -0.4 is 0 Å². The van der Waals surface area contributed by atoms with Crippen LogP contribution in [0.1, 0.15) is 35.8 Å². The second kappa shape index (κ2) is 4.38. The third-order valence-electron chi connectivity index (χ3n) is 3.16. The van der Waals surface area contributed by atoms with E-state index in [0.717, 1.165) is 19.3 Å². The quantitative estimate of drug-likeness (QED) is 0.876. The first-order valence-electron chi connectivity index (χ1n) is 5.96. The van der Waals surface area contributed by atoms with Gasteiger partial charge < -0.3 is 9.84 Å². The van der Waals surface area contributed by atoms with Gasteiger partial charge in [0.2, 0.25) is 0 Å². The maximum absolute atomic E-state index is 11.1. The summed E-state index contributed by atoms with van der Waals surface area (Å²) in [6, 6.07) is 5.06. The smallest absolute Gasteiger partial charge is 0.338 e. The molecule has 1 aromatic heterocycles. The number of aromatic carboxylic acids is 1. The molecule has 18 heavy (non-hydrogen) atoms. The predicted molar refractivity (Wildman–Crippen MR) is 63.3 cm³/mol. The zero-order valence-corrected chi connectivity index (χ0v) is 9.74. The van der Waals surface area contributed by atoms with Crippen molar-refractivity contribution in [3.63, 3.8) is 0 Å². The summed E-state index contributed by atoms with van der Waals surface area (Å²) in [5, 5.41) is 17.1. The first kappa shape index (κ1) is 11.2. The van der Waals surface area contributed by atoms with Crippen LogP contribution in [0.4, 0.5) is 0 Å². The number of hydrogen-bond donors (Lipinski definition) is 1. The van der Waals surface area contributed by atoms with Gasteiger partial charge in [-0.25, -0.2) is 9.48 Å². The van der Waals surface area contributed by atoms with Crippen molar-refractivity contribution >= 4 is 17.0 Å². The number of fused-ring (bicyclic) bond motifs is 1. The molecule has 1 fully saturated rings. The summed E-state index contributed by atoms with van der Waals surface area (Å²) in [5.74, 6) is -0.989. The number of carboxylic acids is 1. The normalized spacial score (nSPS) is 20.1. The molecule has 0 saturated carbocycles. The van der Waals surface area contributed by atoms with Crippen molar-refractivity contribution in [3.8, 4) is 0 Å². The summed E-state index contributed by atoms with van der Waals surface area (Å²) >= 11 is 0. The summed E-state index contributed by atoms with van der Waals surface area (Å²) in [5.41, 5.74) is 1.30. The van der Waals surface area contributed by atoms with Crippen molar-refractivity contribution in [2.24, 2.45) is 0 Å². The third kappa shape index (κ3) is 1.74. The Balaban J connectivity index is 2.08. The molecular formula is C12H13N3O3. The van der Waals surface area contributed by atoms with Crippen molar-refractivity contribution < 1.29 is 14.6 Å². The third-order valence-corrected chi connectivity index (χ3v) is 3.16. The molecular weight excluding hydrogens is 234 g/mol. The molecule has 1 aromatic carbocycles. The Hall–Kier alpha value is -1.95. The van der Waals surface area contributed by atoms with Crippen LogP contribution in [0.3, 0.4) is 0 Å². The minimum absolute atomic E-state index is 0.132. The largest absolute Gasteiger partial charge is 0.478 e. The highest BCUT2D eigenvalue weighted by Crippen LogP contribution is 2.26. The van der Waals surface area contributed by atoms with Gasteiger partial charge in [-0.2, -0.15) is 0 Å². The van der Waals surface area contributed by atoms with Gasteiger partial charge in [0.1, 0.15) is 5.52 Å². The van der Waals surface area contributed by atoms with Crippen LogP contribution >= 0.6 is 0 Å². The Morgan fingerprint density at radius 3 is 3.06 bits per heavy atom. The van der Waals surface area contributed by atoms with Crippen LogP contribution in [-0.4, -0.2) is 32.7 Å². The molecule has 1 aliphatic rings. The molecule has 2 heterocycles. The van der Waals surface area contributed by atoms with Crippen molar-refractivity contribution in [1.82, 2.24) is 15.0 Å². The molecule has 1 atom stereocenters. The average molecular weight is 247 g/mol. The lowest BCUT2D eigenvalue weighted by atomic mass is 10.1. The second-order valence-corrected chi connectivity index (χ2v) is 4.33. The van der Waals surface area contributed by atoms with Gasteiger partial charge in [0.25, 0.3) is 0 Å². The van der Waals surface area contributed by atoms with Crippen LogP contribution in [0, 0.1) is 0 Å². The van der Waals surface area contributed by atoms with Crippen molar-refractivity contribution in [1.29, 1.82) is 0 Å². The van der Waals surface area contributed by atoms with Crippen LogP contribution in [-0.2, 0) is 4.74 Å². The fourth-order valence-electron chi connectivity index (χ4n) is 2.26. The molecule has 1 unspecified atom stereocenters. The van der Waals surface area contributed by atoms with E-state index < -0.39 is 5.97 Å². The minimum atomic E-state index is -0.989. The highest BCUT2D eigenvalue weighted by molar-refractivity contribution is 6.00. The maximum Gasteiger partial charge on any atom is 0.338 e. The molecule has 0 amide bonds. The van der Waals surface area contributed by atoms with E-state index in [4.69, 9.17) is 9.84 Å². The zero-order chi connectivity index (χ0) is 12.5. The molecule has 1 aliphatic heterocycles. The highest BCUT2D eigenvalue weighted by atomic mass is 16.5. The van der Waals surface area contributed by atoms with Gasteiger partial charge in [-0.3, -0.25) is 0 Å². The maximum atomic E-state index is 11.1. The van der Waals surface area contributed by atoms with Crippen LogP contribution in [0.2, 0.25) is 0 Å². The lowest BCUT2D eigenvalue weighted by Crippen LogP contribution is -2.19. The number of nitrogens with zero attached hydrogens (tertiary/aromatic N) is 3. The summed E-state index contributed by atoms with van der Waals surface area (Å²) in [4.78, 5) is 11.1. The SMILES string of the molecule is O=C(O)c1cccc2c1nnn2C1CCCCO1. The van der Waals surface area contributed by atoms with Gasteiger partial charge in [0.05, 0.1) is 11.1 Å². The standard InChI is InChI=1S/C12H13N3O3/c16-12(17)8-4-3-5-9-11(8)13-14-15(9)10-6-1-2-7-18-10/h3-5,10H,1-2,6-7H2,(H,16,17). The molecule has 1 N–H and O–H groups in total. The molecule has 6 nitrogen and oxygen atoms in total. The van der Waals surface area contributed by atoms with Crippen molar-refractivity contribution in [2.45, 2.75) is 25.5 Å². The fourth-order valence-corrected chi connectivity index (χ4v) is 2.26. The van der Waals surface area contributed by atoms with Crippen LogP contribution in [0.25, 0.3) is 11.0 Å². The molecule has 6 heteroatoms. The lowest BCUT2D eigenvalue weighted by Gasteiger charge is -2.22. The van der Waals surface area contributed by atoms with Gasteiger partial charge in [-0.1, -0.05) is 11.3 Å². The van der Waals surface area contributed by atoms with Gasteiger partial charge in [0.15, 0.2) is 6.23 Å². The van der Waals surface area contributed by atoms with E-state index >= 15 is 0 Å². The highest BCUT2D eigenvalue weighted by Gasteiger charge is 2.21. The fraction of sp³-hybridized carbons (Fsp3) is 0.417. The number of aromatic nitrogens is 3. The number of carbonyl (C=O) groups is 1. The van der Waals surface area contributed by atoms with Gasteiger partial charge in [-0.05, 0) is 31.4 Å². The predicted octanol–water partition coefficient (Wildman–Crippen LogP) is 1.83. The molecule has 2 aromatic rings. The van der Waals surface area contributed by atoms with E-state index in [1.54, 1.807) is 10.7 Å². The Labute approximate surface area is 103 Å². The topological polar surface area (TPSA) is 77.2 Å². The summed E-state index contributed by atoms with van der Waals surface area (Å²) < 4.78 is 7.33. The molecule has 0 spiro atoms. The Morgan fingerprint density at radius 2 is 2.33 bits per heavy atom. The molecule has 0 radical (unpaired) electrons. The number of hydrogen-bond acceptors (Lipinski definition) is 4.